The Morgan fingerprint density at radius 3 is 1.95 bits per heavy atom. The minimum Gasteiger partial charge on any atom is -0.456 e. The van der Waals surface area contributed by atoms with Crippen molar-refractivity contribution in [2.45, 2.75) is 0 Å². The van der Waals surface area contributed by atoms with Gasteiger partial charge in [-0.3, -0.25) is 0 Å². The molecule has 4 heterocycles. The Kier molecular flexibility index (Phi) is 6.66. The second kappa shape index (κ2) is 12.2. The summed E-state index contributed by atoms with van der Waals surface area (Å²) < 4.78 is 11.4. The molecule has 0 atom stereocenters. The topological polar surface area (TPSA) is 48.8 Å². The van der Waals surface area contributed by atoms with Crippen molar-refractivity contribution >= 4 is 87.2 Å². The molecule has 0 aliphatic rings. The second-order valence-corrected chi connectivity index (χ2v) is 15.3. The summed E-state index contributed by atoms with van der Waals surface area (Å²) >= 11 is 0. The average molecular weight is 753 g/mol. The Bertz CT molecular complexity index is 3830. The summed E-state index contributed by atoms with van der Waals surface area (Å²) in [6.45, 7) is 0. The summed E-state index contributed by atoms with van der Waals surface area (Å²) in [6.07, 6.45) is 0. The van der Waals surface area contributed by atoms with Gasteiger partial charge in [0.15, 0.2) is 5.82 Å². The number of hydrogen-bond acceptors (Lipinski definition) is 3. The van der Waals surface area contributed by atoms with E-state index in [-0.39, 0.29) is 0 Å². The maximum Gasteiger partial charge on any atom is 0.160 e. The van der Waals surface area contributed by atoms with E-state index in [2.05, 4.69) is 185 Å². The van der Waals surface area contributed by atoms with Crippen molar-refractivity contribution in [3.63, 3.8) is 0 Å². The molecule has 4 aromatic heterocycles. The van der Waals surface area contributed by atoms with Gasteiger partial charge in [0.25, 0.3) is 0 Å². The summed E-state index contributed by atoms with van der Waals surface area (Å²) in [5, 5.41) is 10.5. The largest absolute Gasteiger partial charge is 0.456 e. The van der Waals surface area contributed by atoms with Gasteiger partial charge in [-0.25, -0.2) is 9.97 Å². The van der Waals surface area contributed by atoms with Crippen molar-refractivity contribution < 1.29 is 4.42 Å². The first-order valence-corrected chi connectivity index (χ1v) is 20.0. The first kappa shape index (κ1) is 32.1. The predicted molar refractivity (Wildman–Crippen MR) is 244 cm³/mol. The van der Waals surface area contributed by atoms with Crippen LogP contribution in [0.5, 0.6) is 0 Å². The number of fused-ring (bicyclic) bond motifs is 13. The zero-order valence-corrected chi connectivity index (χ0v) is 31.7. The highest BCUT2D eigenvalue weighted by atomic mass is 16.3. The molecule has 0 saturated carbocycles. The molecule has 0 aliphatic heterocycles. The van der Waals surface area contributed by atoms with Crippen molar-refractivity contribution in [1.29, 1.82) is 0 Å². The van der Waals surface area contributed by atoms with Gasteiger partial charge in [-0.2, -0.15) is 0 Å². The fraction of sp³-hybridized carbons (Fsp3) is 0. The van der Waals surface area contributed by atoms with Crippen molar-refractivity contribution in [1.82, 2.24) is 19.1 Å². The molecule has 59 heavy (non-hydrogen) atoms. The van der Waals surface area contributed by atoms with Crippen molar-refractivity contribution in [2.24, 2.45) is 0 Å². The third kappa shape index (κ3) is 4.67. The van der Waals surface area contributed by atoms with Crippen LogP contribution < -0.4 is 0 Å². The normalized spacial score (nSPS) is 12.1. The summed E-state index contributed by atoms with van der Waals surface area (Å²) in [7, 11) is 0. The zero-order chi connectivity index (χ0) is 38.6. The van der Waals surface area contributed by atoms with Crippen LogP contribution in [-0.2, 0) is 0 Å². The van der Waals surface area contributed by atoms with E-state index >= 15 is 0 Å². The van der Waals surface area contributed by atoms with E-state index in [0.717, 1.165) is 77.6 Å². The zero-order valence-electron chi connectivity index (χ0n) is 31.7. The van der Waals surface area contributed by atoms with Gasteiger partial charge in [-0.05, 0) is 83.6 Å². The first-order valence-electron chi connectivity index (χ1n) is 20.0. The summed E-state index contributed by atoms with van der Waals surface area (Å²) in [5.74, 6) is 0.698. The Morgan fingerprint density at radius 2 is 1.07 bits per heavy atom. The van der Waals surface area contributed by atoms with Crippen LogP contribution in [0.2, 0.25) is 0 Å². The lowest BCUT2D eigenvalue weighted by atomic mass is 10.0. The van der Waals surface area contributed by atoms with Gasteiger partial charge in [-0.15, -0.1) is 0 Å². The van der Waals surface area contributed by atoms with E-state index in [1.165, 1.54) is 37.8 Å². The molecule has 0 saturated heterocycles. The quantitative estimate of drug-likeness (QED) is 0.180. The van der Waals surface area contributed by atoms with Crippen LogP contribution in [0.3, 0.4) is 0 Å². The van der Waals surface area contributed by atoms with Crippen LogP contribution in [0, 0.1) is 0 Å². The SMILES string of the molecule is c1ccc(-c2nc(-c3ccc(-n4c5ccc6oc7ccccc7c6c5c5ccc6c(c7ccccc7n6-c6ccc7ccccc7c6)c54)cc3)nc3ccccc23)cc1. The number of hydrogen-bond donors (Lipinski definition) is 0. The van der Waals surface area contributed by atoms with Crippen LogP contribution in [0.1, 0.15) is 0 Å². The molecule has 0 bridgehead atoms. The Labute approximate surface area is 337 Å². The number of aromatic nitrogens is 4. The Balaban J connectivity index is 1.10. The molecule has 5 heteroatoms. The lowest BCUT2D eigenvalue weighted by Crippen LogP contribution is -1.97. The molecular weight excluding hydrogens is 721 g/mol. The van der Waals surface area contributed by atoms with Crippen LogP contribution in [0.15, 0.2) is 199 Å². The van der Waals surface area contributed by atoms with Gasteiger partial charge < -0.3 is 13.6 Å². The number of furan rings is 1. The van der Waals surface area contributed by atoms with E-state index in [1.807, 2.05) is 18.2 Å². The Hall–Kier alpha value is -8.02. The van der Waals surface area contributed by atoms with Crippen LogP contribution in [0.25, 0.3) is 121 Å². The van der Waals surface area contributed by atoms with Crippen molar-refractivity contribution in [2.75, 3.05) is 0 Å². The average Bonchev–Trinajstić information content (AvgIpc) is 3.96. The molecule has 13 rings (SSSR count). The molecule has 0 radical (unpaired) electrons. The van der Waals surface area contributed by atoms with E-state index in [9.17, 15) is 0 Å². The van der Waals surface area contributed by atoms with Gasteiger partial charge in [0, 0.05) is 60.2 Å². The molecule has 0 aliphatic carbocycles. The summed E-state index contributed by atoms with van der Waals surface area (Å²) in [5.41, 5.74) is 12.4. The molecule has 13 aromatic rings. The molecule has 5 nitrogen and oxygen atoms in total. The minimum atomic E-state index is 0.698. The van der Waals surface area contributed by atoms with E-state index < -0.39 is 0 Å². The van der Waals surface area contributed by atoms with Crippen LogP contribution in [-0.4, -0.2) is 19.1 Å². The molecular formula is C54H32N4O. The standard InChI is InChI=1S/C54H32N4O/c1-2-13-34(14-3-1)52-39-16-6-9-19-43(39)55-54(56-52)35-23-25-37(26-24-35)58-45-30-31-48-51(41-18-8-11-21-47(41)59-48)49(45)42-28-29-46-50(53(42)58)40-17-7-10-20-44(40)57(46)38-27-22-33-12-4-5-15-36(33)32-38/h1-32H. The van der Waals surface area contributed by atoms with Crippen molar-refractivity contribution in [3.05, 3.63) is 194 Å². The maximum atomic E-state index is 6.49. The summed E-state index contributed by atoms with van der Waals surface area (Å²) in [4.78, 5) is 10.3. The minimum absolute atomic E-state index is 0.698. The van der Waals surface area contributed by atoms with Crippen LogP contribution >= 0.6 is 0 Å². The maximum absolute atomic E-state index is 6.49. The highest BCUT2D eigenvalue weighted by Gasteiger charge is 2.24. The second-order valence-electron chi connectivity index (χ2n) is 15.3. The van der Waals surface area contributed by atoms with Gasteiger partial charge >= 0.3 is 0 Å². The highest BCUT2D eigenvalue weighted by molar-refractivity contribution is 6.33. The molecule has 0 spiro atoms. The molecule has 0 N–H and O–H groups in total. The van der Waals surface area contributed by atoms with E-state index in [1.54, 1.807) is 0 Å². The highest BCUT2D eigenvalue weighted by Crippen LogP contribution is 2.46. The number of rotatable bonds is 4. The number of benzene rings is 9. The van der Waals surface area contributed by atoms with Crippen LogP contribution in [0.4, 0.5) is 0 Å². The molecule has 0 amide bonds. The molecule has 9 aromatic carbocycles. The monoisotopic (exact) mass is 752 g/mol. The van der Waals surface area contributed by atoms with Gasteiger partial charge in [-0.1, -0.05) is 121 Å². The molecule has 0 fully saturated rings. The third-order valence-electron chi connectivity index (χ3n) is 12.1. The third-order valence-corrected chi connectivity index (χ3v) is 12.1. The first-order chi connectivity index (χ1) is 29.3. The lowest BCUT2D eigenvalue weighted by Gasteiger charge is -2.12. The molecule has 0 unspecified atom stereocenters. The van der Waals surface area contributed by atoms with E-state index in [4.69, 9.17) is 14.4 Å². The number of para-hydroxylation sites is 3. The Morgan fingerprint density at radius 1 is 0.373 bits per heavy atom. The predicted octanol–water partition coefficient (Wildman–Crippen LogP) is 14.2. The fourth-order valence-electron chi connectivity index (χ4n) is 9.50. The van der Waals surface area contributed by atoms with Gasteiger partial charge in [0.2, 0.25) is 0 Å². The summed E-state index contributed by atoms with van der Waals surface area (Å²) in [6, 6.07) is 68.9. The number of nitrogens with zero attached hydrogens (tertiary/aromatic N) is 4. The van der Waals surface area contributed by atoms with Gasteiger partial charge in [0.1, 0.15) is 11.2 Å². The smallest absolute Gasteiger partial charge is 0.160 e. The molecule has 274 valence electrons. The lowest BCUT2D eigenvalue weighted by molar-refractivity contribution is 0.669. The fourth-order valence-corrected chi connectivity index (χ4v) is 9.50. The van der Waals surface area contributed by atoms with Gasteiger partial charge in [0.05, 0.1) is 33.3 Å². The van der Waals surface area contributed by atoms with Crippen molar-refractivity contribution in [3.8, 4) is 34.0 Å². The van der Waals surface area contributed by atoms with E-state index in [0.29, 0.717) is 5.82 Å².